The normalized spacial score (nSPS) is 20.7. The largest absolute Gasteiger partial charge is 0.573 e. The van der Waals surface area contributed by atoms with E-state index in [1.807, 2.05) is 27.7 Å². The van der Waals surface area contributed by atoms with E-state index in [2.05, 4.69) is 4.74 Å². The molecule has 0 aliphatic carbocycles. The summed E-state index contributed by atoms with van der Waals surface area (Å²) >= 11 is 5.82. The number of hydrogen-bond acceptors (Lipinski definition) is 3. The summed E-state index contributed by atoms with van der Waals surface area (Å²) in [6.07, 6.45) is -4.78. The summed E-state index contributed by atoms with van der Waals surface area (Å²) in [5, 5.41) is -0.153. The first-order valence-corrected chi connectivity index (χ1v) is 6.70. The van der Waals surface area contributed by atoms with Crippen molar-refractivity contribution in [3.8, 4) is 5.75 Å². The summed E-state index contributed by atoms with van der Waals surface area (Å²) in [6, 6.07) is 3.94. The van der Waals surface area contributed by atoms with Crippen molar-refractivity contribution in [2.45, 2.75) is 45.3 Å². The van der Waals surface area contributed by atoms with E-state index in [9.17, 15) is 13.2 Å². The Morgan fingerprint density at radius 3 is 2.05 bits per heavy atom. The van der Waals surface area contributed by atoms with Gasteiger partial charge in [-0.25, -0.2) is 0 Å². The smallest absolute Gasteiger partial charge is 0.404 e. The minimum atomic E-state index is -4.78. The maximum absolute atomic E-state index is 12.2. The van der Waals surface area contributed by atoms with Crippen molar-refractivity contribution in [3.63, 3.8) is 0 Å². The van der Waals surface area contributed by atoms with Gasteiger partial charge in [-0.15, -0.1) is 13.2 Å². The average Bonchev–Trinajstić information content (AvgIpc) is 2.49. The van der Waals surface area contributed by atoms with Gasteiger partial charge in [0.15, 0.2) is 0 Å². The minimum absolute atomic E-state index is 0.153. The number of alkyl halides is 3. The Hall–Kier alpha value is -0.915. The maximum atomic E-state index is 12.2. The van der Waals surface area contributed by atoms with Crippen LogP contribution in [0.4, 0.5) is 13.2 Å². The standard InChI is InChI=1S/C13H15BClF3O3/c1-11(2)12(3,4)21-14(20-11)8-5-6-10(9(15)7-8)19-13(16,17)18/h5-7H,1-4H3. The highest BCUT2D eigenvalue weighted by atomic mass is 35.5. The first-order valence-electron chi connectivity index (χ1n) is 6.32. The number of hydrogen-bond donors (Lipinski definition) is 0. The van der Waals surface area contributed by atoms with Crippen LogP contribution in [0.25, 0.3) is 0 Å². The van der Waals surface area contributed by atoms with E-state index in [4.69, 9.17) is 20.9 Å². The first kappa shape index (κ1) is 16.5. The highest BCUT2D eigenvalue weighted by Crippen LogP contribution is 2.37. The molecule has 21 heavy (non-hydrogen) atoms. The maximum Gasteiger partial charge on any atom is 0.573 e. The van der Waals surface area contributed by atoms with Crippen LogP contribution >= 0.6 is 11.6 Å². The lowest BCUT2D eigenvalue weighted by Crippen LogP contribution is -2.41. The van der Waals surface area contributed by atoms with Crippen LogP contribution in [-0.4, -0.2) is 24.7 Å². The molecule has 2 rings (SSSR count). The van der Waals surface area contributed by atoms with Gasteiger partial charge in [-0.05, 0) is 45.3 Å². The second-order valence-corrected chi connectivity index (χ2v) is 6.23. The van der Waals surface area contributed by atoms with Gasteiger partial charge in [-0.1, -0.05) is 17.7 Å². The molecule has 0 bridgehead atoms. The molecule has 0 aromatic heterocycles. The van der Waals surface area contributed by atoms with Crippen molar-refractivity contribution in [3.05, 3.63) is 23.2 Å². The van der Waals surface area contributed by atoms with E-state index in [0.717, 1.165) is 6.07 Å². The molecule has 1 aliphatic heterocycles. The van der Waals surface area contributed by atoms with E-state index in [1.54, 1.807) is 0 Å². The van der Waals surface area contributed by atoms with Crippen LogP contribution in [0.1, 0.15) is 27.7 Å². The fraction of sp³-hybridized carbons (Fsp3) is 0.538. The summed E-state index contributed by atoms with van der Waals surface area (Å²) in [6.45, 7) is 7.54. The molecule has 0 radical (unpaired) electrons. The molecule has 1 saturated heterocycles. The summed E-state index contributed by atoms with van der Waals surface area (Å²) in [4.78, 5) is 0. The van der Waals surface area contributed by atoms with Crippen LogP contribution in [0.5, 0.6) is 5.75 Å². The zero-order chi connectivity index (χ0) is 16.1. The Labute approximate surface area is 126 Å². The van der Waals surface area contributed by atoms with Gasteiger partial charge in [-0.2, -0.15) is 0 Å². The van der Waals surface area contributed by atoms with Crippen LogP contribution < -0.4 is 10.2 Å². The minimum Gasteiger partial charge on any atom is -0.404 e. The molecule has 3 nitrogen and oxygen atoms in total. The molecular formula is C13H15BClF3O3. The van der Waals surface area contributed by atoms with Crippen LogP contribution in [0.3, 0.4) is 0 Å². The Balaban J connectivity index is 2.22. The molecule has 0 atom stereocenters. The van der Waals surface area contributed by atoms with Crippen molar-refractivity contribution in [2.24, 2.45) is 0 Å². The molecule has 116 valence electrons. The molecule has 1 aliphatic rings. The zero-order valence-electron chi connectivity index (χ0n) is 12.0. The summed E-state index contributed by atoms with van der Waals surface area (Å²) in [5.41, 5.74) is -0.538. The highest BCUT2D eigenvalue weighted by molar-refractivity contribution is 6.62. The van der Waals surface area contributed by atoms with E-state index in [0.29, 0.717) is 5.46 Å². The van der Waals surface area contributed by atoms with Crippen LogP contribution in [0.2, 0.25) is 5.02 Å². The molecule has 0 saturated carbocycles. The summed E-state index contributed by atoms with van der Waals surface area (Å²) in [5.74, 6) is -0.454. The molecule has 8 heteroatoms. The van der Waals surface area contributed by atoms with Gasteiger partial charge >= 0.3 is 13.5 Å². The van der Waals surface area contributed by atoms with E-state index in [-0.39, 0.29) is 5.02 Å². The van der Waals surface area contributed by atoms with Gasteiger partial charge in [0.2, 0.25) is 0 Å². The van der Waals surface area contributed by atoms with Crippen LogP contribution in [0.15, 0.2) is 18.2 Å². The van der Waals surface area contributed by atoms with Gasteiger partial charge in [0.05, 0.1) is 16.2 Å². The second kappa shape index (κ2) is 5.07. The third kappa shape index (κ3) is 3.47. The lowest BCUT2D eigenvalue weighted by Gasteiger charge is -2.32. The second-order valence-electron chi connectivity index (χ2n) is 5.83. The molecular weight excluding hydrogens is 307 g/mol. The number of ether oxygens (including phenoxy) is 1. The third-order valence-electron chi connectivity index (χ3n) is 3.71. The van der Waals surface area contributed by atoms with Crippen molar-refractivity contribution in [2.75, 3.05) is 0 Å². The Morgan fingerprint density at radius 2 is 1.62 bits per heavy atom. The predicted octanol–water partition coefficient (Wildman–Crippen LogP) is 3.54. The SMILES string of the molecule is CC1(C)OB(c2ccc(OC(F)(F)F)c(Cl)c2)OC1(C)C. The molecule has 0 unspecified atom stereocenters. The fourth-order valence-electron chi connectivity index (χ4n) is 1.85. The van der Waals surface area contributed by atoms with Crippen LogP contribution in [-0.2, 0) is 9.31 Å². The molecule has 1 aromatic carbocycles. The highest BCUT2D eigenvalue weighted by Gasteiger charge is 2.51. The van der Waals surface area contributed by atoms with E-state index >= 15 is 0 Å². The lowest BCUT2D eigenvalue weighted by atomic mass is 9.79. The fourth-order valence-corrected chi connectivity index (χ4v) is 2.08. The average molecular weight is 323 g/mol. The first-order chi connectivity index (χ1) is 9.41. The quantitative estimate of drug-likeness (QED) is 0.780. The Bertz CT molecular complexity index is 530. The molecule has 0 spiro atoms. The summed E-state index contributed by atoms with van der Waals surface area (Å²) < 4.78 is 52.0. The van der Waals surface area contributed by atoms with E-state index < -0.39 is 30.4 Å². The molecule has 1 aromatic rings. The molecule has 1 fully saturated rings. The van der Waals surface area contributed by atoms with Gasteiger partial charge in [0.1, 0.15) is 5.75 Å². The zero-order valence-corrected chi connectivity index (χ0v) is 12.8. The van der Waals surface area contributed by atoms with Crippen molar-refractivity contribution in [1.82, 2.24) is 0 Å². The van der Waals surface area contributed by atoms with Crippen LogP contribution in [0, 0.1) is 0 Å². The number of halogens is 4. The van der Waals surface area contributed by atoms with Gasteiger partial charge in [0, 0.05) is 0 Å². The Kier molecular flexibility index (Phi) is 3.97. The third-order valence-corrected chi connectivity index (χ3v) is 4.00. The number of benzene rings is 1. The van der Waals surface area contributed by atoms with Gasteiger partial charge in [0.25, 0.3) is 0 Å². The number of rotatable bonds is 2. The lowest BCUT2D eigenvalue weighted by molar-refractivity contribution is -0.274. The van der Waals surface area contributed by atoms with Gasteiger partial charge in [-0.3, -0.25) is 0 Å². The monoisotopic (exact) mass is 322 g/mol. The van der Waals surface area contributed by atoms with E-state index in [1.165, 1.54) is 12.1 Å². The van der Waals surface area contributed by atoms with Crippen molar-refractivity contribution in [1.29, 1.82) is 0 Å². The topological polar surface area (TPSA) is 27.7 Å². The molecule has 0 amide bonds. The summed E-state index contributed by atoms with van der Waals surface area (Å²) in [7, 11) is -0.688. The van der Waals surface area contributed by atoms with Gasteiger partial charge < -0.3 is 14.0 Å². The van der Waals surface area contributed by atoms with Crippen molar-refractivity contribution >= 4 is 24.2 Å². The van der Waals surface area contributed by atoms with Crippen molar-refractivity contribution < 1.29 is 27.2 Å². The molecule has 0 N–H and O–H groups in total. The predicted molar refractivity (Wildman–Crippen MR) is 73.9 cm³/mol. The molecule has 1 heterocycles. The Morgan fingerprint density at radius 1 is 1.10 bits per heavy atom.